The topological polar surface area (TPSA) is 57.2 Å². The number of nitriles is 1. The summed E-state index contributed by atoms with van der Waals surface area (Å²) in [7, 11) is 0. The zero-order chi connectivity index (χ0) is 14.7. The maximum atomic E-state index is 12.7. The highest BCUT2D eigenvalue weighted by Gasteiger charge is 2.48. The Balaban J connectivity index is 1.66. The van der Waals surface area contributed by atoms with Gasteiger partial charge in [-0.3, -0.25) is 4.79 Å². The number of nitrogens with zero attached hydrogens (tertiary/aromatic N) is 2. The van der Waals surface area contributed by atoms with E-state index < -0.39 is 0 Å². The lowest BCUT2D eigenvalue weighted by atomic mass is 10.1. The molecule has 0 bridgehead atoms. The van der Waals surface area contributed by atoms with Crippen LogP contribution in [0.1, 0.15) is 56.6 Å². The maximum absolute atomic E-state index is 12.7. The van der Waals surface area contributed by atoms with Gasteiger partial charge in [0.15, 0.2) is 0 Å². The van der Waals surface area contributed by atoms with Crippen molar-refractivity contribution in [2.45, 2.75) is 56.9 Å². The average molecular weight is 286 g/mol. The minimum Gasteiger partial charge on any atom is -0.469 e. The monoisotopic (exact) mass is 286 g/mol. The molecule has 0 N–H and O–H groups in total. The van der Waals surface area contributed by atoms with Crippen molar-refractivity contribution in [2.24, 2.45) is 5.92 Å². The van der Waals surface area contributed by atoms with Crippen molar-refractivity contribution in [1.29, 1.82) is 5.26 Å². The van der Waals surface area contributed by atoms with Crippen molar-refractivity contribution < 1.29 is 9.21 Å². The summed E-state index contributed by atoms with van der Waals surface area (Å²) >= 11 is 0. The molecule has 3 rings (SSSR count). The van der Waals surface area contributed by atoms with Crippen LogP contribution in [0.5, 0.6) is 0 Å². The Labute approximate surface area is 125 Å². The van der Waals surface area contributed by atoms with Gasteiger partial charge in [0.05, 0.1) is 12.3 Å². The van der Waals surface area contributed by atoms with Crippen LogP contribution in [0.15, 0.2) is 22.8 Å². The third-order valence-corrected chi connectivity index (χ3v) is 4.81. The molecular formula is C17H22N2O2. The molecule has 0 aliphatic heterocycles. The minimum absolute atomic E-state index is 0.0211. The normalized spacial score (nSPS) is 25.9. The Hall–Kier alpha value is -1.76. The van der Waals surface area contributed by atoms with E-state index in [1.165, 1.54) is 25.7 Å². The predicted molar refractivity (Wildman–Crippen MR) is 78.4 cm³/mol. The van der Waals surface area contributed by atoms with E-state index in [1.807, 2.05) is 17.0 Å². The molecule has 2 aliphatic rings. The lowest BCUT2D eigenvalue weighted by molar-refractivity contribution is -0.134. The SMILES string of the molecule is N#CCN(C(=O)[C@@H]1C[C@H]1c1ccco1)C1CCCCCC1. The lowest BCUT2D eigenvalue weighted by Gasteiger charge is -2.29. The zero-order valence-electron chi connectivity index (χ0n) is 12.3. The molecule has 1 aromatic rings. The highest BCUT2D eigenvalue weighted by molar-refractivity contribution is 5.83. The Bertz CT molecular complexity index is 509. The molecule has 0 aromatic carbocycles. The van der Waals surface area contributed by atoms with Gasteiger partial charge >= 0.3 is 0 Å². The molecule has 2 aliphatic carbocycles. The molecule has 1 aromatic heterocycles. The van der Waals surface area contributed by atoms with Crippen molar-refractivity contribution >= 4 is 5.91 Å². The Kier molecular flexibility index (Phi) is 4.28. The summed E-state index contributed by atoms with van der Waals surface area (Å²) < 4.78 is 5.41. The van der Waals surface area contributed by atoms with Gasteiger partial charge in [-0.05, 0) is 31.4 Å². The third-order valence-electron chi connectivity index (χ3n) is 4.81. The van der Waals surface area contributed by atoms with Crippen molar-refractivity contribution in [3.8, 4) is 6.07 Å². The molecule has 0 saturated heterocycles. The van der Waals surface area contributed by atoms with Gasteiger partial charge in [-0.2, -0.15) is 5.26 Å². The van der Waals surface area contributed by atoms with E-state index in [9.17, 15) is 4.79 Å². The number of carbonyl (C=O) groups excluding carboxylic acids is 1. The molecular weight excluding hydrogens is 264 g/mol. The summed E-state index contributed by atoms with van der Waals surface area (Å²) in [6.45, 7) is 0.227. The molecule has 21 heavy (non-hydrogen) atoms. The van der Waals surface area contributed by atoms with E-state index in [0.29, 0.717) is 0 Å². The Morgan fingerprint density at radius 1 is 1.33 bits per heavy atom. The third kappa shape index (κ3) is 3.12. The summed E-state index contributed by atoms with van der Waals surface area (Å²) in [5.74, 6) is 1.31. The second-order valence-electron chi connectivity index (χ2n) is 6.23. The molecule has 1 heterocycles. The molecule has 2 saturated carbocycles. The van der Waals surface area contributed by atoms with E-state index in [0.717, 1.165) is 25.0 Å². The minimum atomic E-state index is 0.0211. The summed E-state index contributed by atoms with van der Waals surface area (Å²) in [5, 5.41) is 9.08. The van der Waals surface area contributed by atoms with Gasteiger partial charge in [-0.25, -0.2) is 0 Å². The molecule has 0 unspecified atom stereocenters. The lowest BCUT2D eigenvalue weighted by Crippen LogP contribution is -2.41. The van der Waals surface area contributed by atoms with Gasteiger partial charge in [0.2, 0.25) is 5.91 Å². The highest BCUT2D eigenvalue weighted by atomic mass is 16.3. The smallest absolute Gasteiger partial charge is 0.227 e. The summed E-state index contributed by atoms with van der Waals surface area (Å²) in [4.78, 5) is 14.6. The van der Waals surface area contributed by atoms with Crippen LogP contribution in [0, 0.1) is 17.2 Å². The second-order valence-corrected chi connectivity index (χ2v) is 6.23. The largest absolute Gasteiger partial charge is 0.469 e. The van der Waals surface area contributed by atoms with Crippen LogP contribution in [0.2, 0.25) is 0 Å². The fourth-order valence-corrected chi connectivity index (χ4v) is 3.53. The van der Waals surface area contributed by atoms with Gasteiger partial charge < -0.3 is 9.32 Å². The number of carbonyl (C=O) groups is 1. The standard InChI is InChI=1S/C17H22N2O2/c18-9-10-19(13-6-3-1-2-4-7-13)17(20)15-12-14(15)16-8-5-11-21-16/h5,8,11,13-15H,1-4,6-7,10,12H2/t14-,15-/m1/s1. The molecule has 4 nitrogen and oxygen atoms in total. The molecule has 2 fully saturated rings. The molecule has 1 amide bonds. The first-order valence-corrected chi connectivity index (χ1v) is 8.02. The molecule has 0 spiro atoms. The Morgan fingerprint density at radius 2 is 2.10 bits per heavy atom. The van der Waals surface area contributed by atoms with E-state index in [4.69, 9.17) is 9.68 Å². The van der Waals surface area contributed by atoms with Crippen molar-refractivity contribution in [1.82, 2.24) is 4.90 Å². The second kappa shape index (κ2) is 6.34. The van der Waals surface area contributed by atoms with Crippen LogP contribution in [0.25, 0.3) is 0 Å². The van der Waals surface area contributed by atoms with Crippen LogP contribution in [-0.4, -0.2) is 23.4 Å². The van der Waals surface area contributed by atoms with E-state index in [-0.39, 0.29) is 30.3 Å². The Morgan fingerprint density at radius 3 is 2.71 bits per heavy atom. The van der Waals surface area contributed by atoms with Crippen molar-refractivity contribution in [3.05, 3.63) is 24.2 Å². The fourth-order valence-electron chi connectivity index (χ4n) is 3.53. The van der Waals surface area contributed by atoms with Gasteiger partial charge in [0.1, 0.15) is 12.3 Å². The van der Waals surface area contributed by atoms with Gasteiger partial charge in [0.25, 0.3) is 0 Å². The number of amides is 1. The van der Waals surface area contributed by atoms with Crippen LogP contribution >= 0.6 is 0 Å². The molecule has 112 valence electrons. The number of rotatable bonds is 4. The van der Waals surface area contributed by atoms with Gasteiger partial charge in [-0.1, -0.05) is 25.7 Å². The van der Waals surface area contributed by atoms with Crippen LogP contribution < -0.4 is 0 Å². The average Bonchev–Trinajstić information content (AvgIpc) is 3.20. The first-order valence-electron chi connectivity index (χ1n) is 8.02. The molecule has 0 radical (unpaired) electrons. The fraction of sp³-hybridized carbons (Fsp3) is 0.647. The van der Waals surface area contributed by atoms with Crippen molar-refractivity contribution in [3.63, 3.8) is 0 Å². The summed E-state index contributed by atoms with van der Waals surface area (Å²) in [6, 6.07) is 6.25. The predicted octanol–water partition coefficient (Wildman–Crippen LogP) is 3.46. The van der Waals surface area contributed by atoms with Gasteiger partial charge in [0, 0.05) is 17.9 Å². The highest BCUT2D eigenvalue weighted by Crippen LogP contribution is 2.49. The number of furan rings is 1. The van der Waals surface area contributed by atoms with Crippen LogP contribution in [0.3, 0.4) is 0 Å². The van der Waals surface area contributed by atoms with Crippen LogP contribution in [0.4, 0.5) is 0 Å². The summed E-state index contributed by atoms with van der Waals surface area (Å²) in [5.41, 5.74) is 0. The first kappa shape index (κ1) is 14.2. The first-order chi connectivity index (χ1) is 10.3. The zero-order valence-corrected chi connectivity index (χ0v) is 12.3. The summed E-state index contributed by atoms with van der Waals surface area (Å²) in [6.07, 6.45) is 9.47. The van der Waals surface area contributed by atoms with Gasteiger partial charge in [-0.15, -0.1) is 0 Å². The molecule has 4 heteroatoms. The van der Waals surface area contributed by atoms with Crippen LogP contribution in [-0.2, 0) is 4.79 Å². The van der Waals surface area contributed by atoms with E-state index >= 15 is 0 Å². The maximum Gasteiger partial charge on any atom is 0.227 e. The van der Waals surface area contributed by atoms with Crippen molar-refractivity contribution in [2.75, 3.05) is 6.54 Å². The molecule has 2 atom stereocenters. The number of hydrogen-bond donors (Lipinski definition) is 0. The quantitative estimate of drug-likeness (QED) is 0.629. The van der Waals surface area contributed by atoms with E-state index in [2.05, 4.69) is 6.07 Å². The number of hydrogen-bond acceptors (Lipinski definition) is 3. The van der Waals surface area contributed by atoms with E-state index in [1.54, 1.807) is 6.26 Å².